The molecular formula is C6H15NS. The zero-order valence-corrected chi connectivity index (χ0v) is 6.72. The molecule has 0 aliphatic carbocycles. The smallest absolute Gasteiger partial charge is 0.0152 e. The summed E-state index contributed by atoms with van der Waals surface area (Å²) in [6.07, 6.45) is 3.37. The molecule has 1 nitrogen and oxygen atoms in total. The maximum atomic E-state index is 3.23. The zero-order chi connectivity index (χ0) is 6.41. The van der Waals surface area contributed by atoms with Crippen LogP contribution in [0.4, 0.5) is 0 Å². The molecule has 0 aliphatic heterocycles. The Kier molecular flexibility index (Phi) is 5.66. The molecular weight excluding hydrogens is 118 g/mol. The summed E-state index contributed by atoms with van der Waals surface area (Å²) >= 11 is 1.90. The fourth-order valence-corrected chi connectivity index (χ4v) is 1.41. The van der Waals surface area contributed by atoms with E-state index in [-0.39, 0.29) is 0 Å². The number of nitrogens with one attached hydrogen (secondary N) is 1. The van der Waals surface area contributed by atoms with Crippen LogP contribution in [0.1, 0.15) is 13.3 Å². The third-order valence-corrected chi connectivity index (χ3v) is 2.00. The summed E-state index contributed by atoms with van der Waals surface area (Å²) < 4.78 is 0. The Bertz CT molecular complexity index is 43.8. The number of hydrogen-bond donors (Lipinski definition) is 1. The number of rotatable bonds is 4. The van der Waals surface area contributed by atoms with Crippen molar-refractivity contribution in [2.45, 2.75) is 19.4 Å². The molecule has 0 saturated heterocycles. The second-order valence-electron chi connectivity index (χ2n) is 1.85. The van der Waals surface area contributed by atoms with Gasteiger partial charge in [0.1, 0.15) is 0 Å². The van der Waals surface area contributed by atoms with Crippen LogP contribution >= 0.6 is 11.8 Å². The molecule has 1 N–H and O–H groups in total. The summed E-state index contributed by atoms with van der Waals surface area (Å²) in [4.78, 5) is 0. The molecule has 0 bridgehead atoms. The Hall–Kier alpha value is 0.310. The van der Waals surface area contributed by atoms with E-state index in [1.54, 1.807) is 0 Å². The third kappa shape index (κ3) is 3.33. The Labute approximate surface area is 56.2 Å². The van der Waals surface area contributed by atoms with Gasteiger partial charge in [0.15, 0.2) is 0 Å². The first kappa shape index (κ1) is 8.31. The molecule has 0 radical (unpaired) electrons. The van der Waals surface area contributed by atoms with E-state index >= 15 is 0 Å². The van der Waals surface area contributed by atoms with E-state index in [1.165, 1.54) is 12.2 Å². The predicted molar refractivity (Wildman–Crippen MR) is 41.5 cm³/mol. The maximum absolute atomic E-state index is 3.23. The molecule has 0 fully saturated rings. The van der Waals surface area contributed by atoms with Crippen LogP contribution in [-0.2, 0) is 0 Å². The van der Waals surface area contributed by atoms with Gasteiger partial charge < -0.3 is 5.32 Å². The topological polar surface area (TPSA) is 12.0 Å². The highest BCUT2D eigenvalue weighted by atomic mass is 32.2. The lowest BCUT2D eigenvalue weighted by Crippen LogP contribution is -2.26. The lowest BCUT2D eigenvalue weighted by atomic mass is 10.3. The van der Waals surface area contributed by atoms with Crippen molar-refractivity contribution in [1.29, 1.82) is 0 Å². The van der Waals surface area contributed by atoms with Crippen molar-refractivity contribution >= 4 is 11.8 Å². The van der Waals surface area contributed by atoms with E-state index in [0.29, 0.717) is 6.04 Å². The minimum Gasteiger partial charge on any atom is -0.316 e. The van der Waals surface area contributed by atoms with Crippen LogP contribution in [0.2, 0.25) is 0 Å². The van der Waals surface area contributed by atoms with Crippen LogP contribution in [0, 0.1) is 0 Å². The molecule has 0 heterocycles. The highest BCUT2D eigenvalue weighted by Crippen LogP contribution is 1.98. The second-order valence-corrected chi connectivity index (χ2v) is 2.76. The van der Waals surface area contributed by atoms with E-state index in [9.17, 15) is 0 Å². The third-order valence-electron chi connectivity index (χ3n) is 1.27. The van der Waals surface area contributed by atoms with Gasteiger partial charge in [0.05, 0.1) is 0 Å². The van der Waals surface area contributed by atoms with Crippen molar-refractivity contribution in [2.24, 2.45) is 0 Å². The van der Waals surface area contributed by atoms with Crippen LogP contribution in [0.5, 0.6) is 0 Å². The van der Waals surface area contributed by atoms with Crippen molar-refractivity contribution in [1.82, 2.24) is 5.32 Å². The van der Waals surface area contributed by atoms with Gasteiger partial charge in [-0.05, 0) is 19.7 Å². The minimum atomic E-state index is 0.713. The molecule has 0 saturated carbocycles. The molecule has 0 spiro atoms. The Morgan fingerprint density at radius 1 is 1.62 bits per heavy atom. The lowest BCUT2D eigenvalue weighted by Gasteiger charge is -2.10. The molecule has 0 aliphatic rings. The maximum Gasteiger partial charge on any atom is 0.0152 e. The first-order valence-electron chi connectivity index (χ1n) is 3.01. The Morgan fingerprint density at radius 3 is 2.38 bits per heavy atom. The summed E-state index contributed by atoms with van der Waals surface area (Å²) in [7, 11) is 2.02. The van der Waals surface area contributed by atoms with E-state index in [0.717, 1.165) is 0 Å². The first-order valence-corrected chi connectivity index (χ1v) is 4.40. The molecule has 0 rings (SSSR count). The fourth-order valence-electron chi connectivity index (χ4n) is 0.606. The van der Waals surface area contributed by atoms with Crippen molar-refractivity contribution in [3.05, 3.63) is 0 Å². The lowest BCUT2D eigenvalue weighted by molar-refractivity contribution is 0.602. The van der Waals surface area contributed by atoms with Gasteiger partial charge in [-0.25, -0.2) is 0 Å². The van der Waals surface area contributed by atoms with Gasteiger partial charge in [0, 0.05) is 11.8 Å². The molecule has 0 amide bonds. The van der Waals surface area contributed by atoms with E-state index in [4.69, 9.17) is 0 Å². The average molecular weight is 133 g/mol. The Morgan fingerprint density at radius 2 is 2.25 bits per heavy atom. The SMILES string of the molecule is CC[C@H](CSC)NC. The van der Waals surface area contributed by atoms with Crippen LogP contribution in [0.3, 0.4) is 0 Å². The summed E-state index contributed by atoms with van der Waals surface area (Å²) in [6, 6.07) is 0.713. The summed E-state index contributed by atoms with van der Waals surface area (Å²) in [6.45, 7) is 2.21. The molecule has 0 aromatic carbocycles. The van der Waals surface area contributed by atoms with Gasteiger partial charge >= 0.3 is 0 Å². The molecule has 1 atom stereocenters. The standard InChI is InChI=1S/C6H15NS/c1-4-6(7-2)5-8-3/h6-7H,4-5H2,1-3H3/t6-/m1/s1. The minimum absolute atomic E-state index is 0.713. The van der Waals surface area contributed by atoms with Crippen molar-refractivity contribution < 1.29 is 0 Å². The quantitative estimate of drug-likeness (QED) is 0.621. The van der Waals surface area contributed by atoms with Gasteiger partial charge in [-0.3, -0.25) is 0 Å². The predicted octanol–water partition coefficient (Wildman–Crippen LogP) is 1.35. The van der Waals surface area contributed by atoms with Gasteiger partial charge in [0.2, 0.25) is 0 Å². The van der Waals surface area contributed by atoms with Crippen molar-refractivity contribution in [3.8, 4) is 0 Å². The largest absolute Gasteiger partial charge is 0.316 e. The van der Waals surface area contributed by atoms with Crippen molar-refractivity contribution in [2.75, 3.05) is 19.1 Å². The van der Waals surface area contributed by atoms with Crippen molar-refractivity contribution in [3.63, 3.8) is 0 Å². The van der Waals surface area contributed by atoms with Crippen LogP contribution in [-0.4, -0.2) is 25.1 Å². The summed E-state index contributed by atoms with van der Waals surface area (Å²) in [5.41, 5.74) is 0. The zero-order valence-electron chi connectivity index (χ0n) is 5.90. The second kappa shape index (κ2) is 5.45. The van der Waals surface area contributed by atoms with Gasteiger partial charge in [0.25, 0.3) is 0 Å². The molecule has 0 aromatic rings. The normalized spacial score (nSPS) is 13.9. The molecule has 50 valence electrons. The number of hydrogen-bond acceptors (Lipinski definition) is 2. The fraction of sp³-hybridized carbons (Fsp3) is 1.00. The molecule has 0 unspecified atom stereocenters. The van der Waals surface area contributed by atoms with Crippen LogP contribution < -0.4 is 5.32 Å². The van der Waals surface area contributed by atoms with E-state index in [2.05, 4.69) is 18.5 Å². The van der Waals surface area contributed by atoms with Gasteiger partial charge in [-0.1, -0.05) is 6.92 Å². The van der Waals surface area contributed by atoms with E-state index < -0.39 is 0 Å². The summed E-state index contributed by atoms with van der Waals surface area (Å²) in [5.74, 6) is 1.23. The van der Waals surface area contributed by atoms with Gasteiger partial charge in [-0.2, -0.15) is 11.8 Å². The summed E-state index contributed by atoms with van der Waals surface area (Å²) in [5, 5.41) is 3.23. The highest BCUT2D eigenvalue weighted by Gasteiger charge is 1.98. The Balaban J connectivity index is 3.07. The molecule has 2 heteroatoms. The van der Waals surface area contributed by atoms with Gasteiger partial charge in [-0.15, -0.1) is 0 Å². The highest BCUT2D eigenvalue weighted by molar-refractivity contribution is 7.98. The van der Waals surface area contributed by atoms with E-state index in [1.807, 2.05) is 18.8 Å². The average Bonchev–Trinajstić information content (AvgIpc) is 1.83. The molecule has 0 aromatic heterocycles. The number of thioether (sulfide) groups is 1. The van der Waals surface area contributed by atoms with Crippen LogP contribution in [0.25, 0.3) is 0 Å². The first-order chi connectivity index (χ1) is 3.85. The van der Waals surface area contributed by atoms with Crippen LogP contribution in [0.15, 0.2) is 0 Å². The monoisotopic (exact) mass is 133 g/mol. The molecule has 8 heavy (non-hydrogen) atoms.